The summed E-state index contributed by atoms with van der Waals surface area (Å²) in [6.07, 6.45) is 68.9. The van der Waals surface area contributed by atoms with Gasteiger partial charge in [0, 0.05) is 25.7 Å². The van der Waals surface area contributed by atoms with Gasteiger partial charge in [-0.2, -0.15) is 0 Å². The molecule has 0 aromatic heterocycles. The number of esters is 4. The van der Waals surface area contributed by atoms with Crippen LogP contribution in [0.4, 0.5) is 0 Å². The maximum absolute atomic E-state index is 13.1. The van der Waals surface area contributed by atoms with Crippen LogP contribution >= 0.6 is 15.6 Å². The molecule has 0 aromatic carbocycles. The molecule has 6 atom stereocenters. The molecule has 3 unspecified atom stereocenters. The highest BCUT2D eigenvalue weighted by molar-refractivity contribution is 7.47. The molecule has 0 aromatic rings. The molecule has 0 aliphatic rings. The quantitative estimate of drug-likeness (QED) is 0.0169. The number of unbranched alkanes of at least 4 members (excludes halogenated alkanes) is 47. The molecule has 608 valence electrons. The zero-order valence-corrected chi connectivity index (χ0v) is 68.9. The number of aliphatic hydroxyl groups is 1. The minimum Gasteiger partial charge on any atom is -0.462 e. The third kappa shape index (κ3) is 76.1. The first-order valence-corrected chi connectivity index (χ1v) is 45.8. The Morgan fingerprint density at radius 2 is 0.573 bits per heavy atom. The third-order valence-corrected chi connectivity index (χ3v) is 21.3. The van der Waals surface area contributed by atoms with Gasteiger partial charge in [-0.25, -0.2) is 9.13 Å². The minimum absolute atomic E-state index is 0.0851. The van der Waals surface area contributed by atoms with Crippen molar-refractivity contribution in [2.24, 2.45) is 11.8 Å². The van der Waals surface area contributed by atoms with E-state index < -0.39 is 97.5 Å². The SMILES string of the molecule is CCCCCC/C=C\C=C/CCCCCCCC(=O)O[C@H](COC(=O)CCCCCCCCCC)COP(=O)(O)OC[C@H](O)COP(=O)(O)OC[C@@H](COC(=O)CCCCCCCCCCCCCCCCCC(C)C)OC(=O)CCCCCCCCCCCCCCCCCCCCC(C)CC. The Labute approximate surface area is 631 Å². The average molecular weight is 1500 g/mol. The molecule has 0 radical (unpaired) electrons. The molecular weight excluding hydrogens is 1340 g/mol. The first-order valence-electron chi connectivity index (χ1n) is 42.8. The van der Waals surface area contributed by atoms with Gasteiger partial charge in [0.1, 0.15) is 19.3 Å². The minimum atomic E-state index is -4.97. The second-order valence-corrected chi connectivity index (χ2v) is 33.2. The van der Waals surface area contributed by atoms with Crippen LogP contribution in [0.5, 0.6) is 0 Å². The molecule has 103 heavy (non-hydrogen) atoms. The number of hydrogen-bond donors (Lipinski definition) is 3. The highest BCUT2D eigenvalue weighted by Crippen LogP contribution is 2.45. The van der Waals surface area contributed by atoms with E-state index in [2.05, 4.69) is 65.8 Å². The van der Waals surface area contributed by atoms with Gasteiger partial charge < -0.3 is 33.8 Å². The number of carbonyl (C=O) groups is 4. The number of aliphatic hydroxyl groups excluding tert-OH is 1. The van der Waals surface area contributed by atoms with E-state index in [0.29, 0.717) is 25.7 Å². The zero-order chi connectivity index (χ0) is 75.6. The molecular formula is C84H160O17P2. The van der Waals surface area contributed by atoms with Crippen LogP contribution in [0.1, 0.15) is 420 Å². The second kappa shape index (κ2) is 75.0. The van der Waals surface area contributed by atoms with Gasteiger partial charge in [-0.3, -0.25) is 37.3 Å². The summed E-state index contributed by atoms with van der Waals surface area (Å²) >= 11 is 0. The van der Waals surface area contributed by atoms with E-state index in [1.807, 2.05) is 0 Å². The van der Waals surface area contributed by atoms with Gasteiger partial charge >= 0.3 is 39.5 Å². The van der Waals surface area contributed by atoms with Crippen LogP contribution in [0.15, 0.2) is 24.3 Å². The van der Waals surface area contributed by atoms with Gasteiger partial charge in [-0.1, -0.05) is 368 Å². The Hall–Kier alpha value is -2.46. The molecule has 0 saturated carbocycles. The van der Waals surface area contributed by atoms with Crippen molar-refractivity contribution < 1.29 is 80.2 Å². The number of rotatable bonds is 81. The number of ether oxygens (including phenoxy) is 4. The number of phosphoric acid groups is 2. The average Bonchev–Trinajstić information content (AvgIpc) is 0.962. The van der Waals surface area contributed by atoms with Crippen LogP contribution in [0.25, 0.3) is 0 Å². The maximum atomic E-state index is 13.1. The lowest BCUT2D eigenvalue weighted by atomic mass is 9.99. The summed E-state index contributed by atoms with van der Waals surface area (Å²) in [5.74, 6) is -0.464. The first kappa shape index (κ1) is 101. The van der Waals surface area contributed by atoms with Crippen LogP contribution in [0, 0.1) is 11.8 Å². The molecule has 17 nitrogen and oxygen atoms in total. The van der Waals surface area contributed by atoms with Crippen molar-refractivity contribution in [2.75, 3.05) is 39.6 Å². The fourth-order valence-electron chi connectivity index (χ4n) is 12.5. The molecule has 0 spiro atoms. The van der Waals surface area contributed by atoms with E-state index in [0.717, 1.165) is 121 Å². The molecule has 0 amide bonds. The van der Waals surface area contributed by atoms with Crippen LogP contribution in [-0.2, 0) is 65.4 Å². The smallest absolute Gasteiger partial charge is 0.462 e. The Bertz CT molecular complexity index is 2070. The monoisotopic (exact) mass is 1500 g/mol. The number of carbonyl (C=O) groups excluding carboxylic acids is 4. The molecule has 0 heterocycles. The highest BCUT2D eigenvalue weighted by atomic mass is 31.2. The van der Waals surface area contributed by atoms with Gasteiger partial charge in [-0.05, 0) is 63.2 Å². The van der Waals surface area contributed by atoms with Crippen molar-refractivity contribution in [3.8, 4) is 0 Å². The van der Waals surface area contributed by atoms with Gasteiger partial charge in [0.25, 0.3) is 0 Å². The van der Waals surface area contributed by atoms with Crippen molar-refractivity contribution in [1.29, 1.82) is 0 Å². The summed E-state index contributed by atoms with van der Waals surface area (Å²) in [7, 11) is -9.93. The normalized spacial score (nSPS) is 14.3. The topological polar surface area (TPSA) is 237 Å². The fraction of sp³-hybridized carbons (Fsp3) is 0.905. The number of allylic oxidation sites excluding steroid dienone is 4. The van der Waals surface area contributed by atoms with E-state index >= 15 is 0 Å². The van der Waals surface area contributed by atoms with Gasteiger partial charge in [-0.15, -0.1) is 0 Å². The molecule has 0 aliphatic carbocycles. The standard InChI is InChI=1S/C84H160O17P2/c1-7-10-12-14-16-18-19-20-26-34-39-44-50-56-62-68-83(88)100-79(72-94-81(86)66-60-54-48-17-15-13-11-8-2)74-98-102(90,91)96-70-78(85)71-97-103(92,93)99-75-80(73-95-82(87)67-61-55-49-43-38-33-30-25-27-31-36-41-46-52-58-64-76(4)5)101-84(89)69-63-57-51-45-40-35-29-24-22-21-23-28-32-37-42-47-53-59-65-77(6)9-3/h18-20,26,76-80,85H,7-17,21-25,27-75H2,1-6H3,(H,90,91)(H,92,93)/b19-18-,26-20-/t77?,78-,79+,80+/m0/s1. The van der Waals surface area contributed by atoms with Crippen molar-refractivity contribution in [3.63, 3.8) is 0 Å². The Kier molecular flexibility index (Phi) is 73.2. The largest absolute Gasteiger partial charge is 0.472 e. The lowest BCUT2D eigenvalue weighted by Gasteiger charge is -2.21. The molecule has 0 aliphatic heterocycles. The van der Waals surface area contributed by atoms with Crippen molar-refractivity contribution in [3.05, 3.63) is 24.3 Å². The highest BCUT2D eigenvalue weighted by Gasteiger charge is 2.30. The van der Waals surface area contributed by atoms with Crippen LogP contribution in [0.2, 0.25) is 0 Å². The van der Waals surface area contributed by atoms with E-state index in [1.54, 1.807) is 0 Å². The summed E-state index contributed by atoms with van der Waals surface area (Å²) in [6.45, 7) is 9.65. The Morgan fingerprint density at radius 1 is 0.320 bits per heavy atom. The van der Waals surface area contributed by atoms with Crippen LogP contribution in [0.3, 0.4) is 0 Å². The third-order valence-electron chi connectivity index (χ3n) is 19.4. The predicted molar refractivity (Wildman–Crippen MR) is 423 cm³/mol. The second-order valence-electron chi connectivity index (χ2n) is 30.3. The van der Waals surface area contributed by atoms with Crippen molar-refractivity contribution in [2.45, 2.75) is 439 Å². The van der Waals surface area contributed by atoms with Crippen LogP contribution < -0.4 is 0 Å². The summed E-state index contributed by atoms with van der Waals surface area (Å²) in [5, 5.41) is 10.6. The number of hydrogen-bond acceptors (Lipinski definition) is 15. The molecule has 0 saturated heterocycles. The predicted octanol–water partition coefficient (Wildman–Crippen LogP) is 25.0. The molecule has 3 N–H and O–H groups in total. The summed E-state index contributed by atoms with van der Waals surface area (Å²) in [6, 6.07) is 0. The van der Waals surface area contributed by atoms with E-state index in [1.165, 1.54) is 218 Å². The lowest BCUT2D eigenvalue weighted by Crippen LogP contribution is -2.30. The van der Waals surface area contributed by atoms with Gasteiger partial charge in [0.05, 0.1) is 26.4 Å². The Morgan fingerprint density at radius 3 is 0.874 bits per heavy atom. The zero-order valence-electron chi connectivity index (χ0n) is 67.1. The Balaban J connectivity index is 5.22. The molecule has 0 rings (SSSR count). The van der Waals surface area contributed by atoms with Crippen molar-refractivity contribution >= 4 is 39.5 Å². The molecule has 0 fully saturated rings. The molecule has 19 heteroatoms. The summed E-state index contributed by atoms with van der Waals surface area (Å²) in [5.41, 5.74) is 0. The molecule has 0 bridgehead atoms. The van der Waals surface area contributed by atoms with E-state index in [-0.39, 0.29) is 25.7 Å². The summed E-state index contributed by atoms with van der Waals surface area (Å²) in [4.78, 5) is 73.0. The maximum Gasteiger partial charge on any atom is 0.472 e. The van der Waals surface area contributed by atoms with Crippen LogP contribution in [-0.4, -0.2) is 96.7 Å². The van der Waals surface area contributed by atoms with E-state index in [9.17, 15) is 43.2 Å². The fourth-order valence-corrected chi connectivity index (χ4v) is 14.1. The summed E-state index contributed by atoms with van der Waals surface area (Å²) < 4.78 is 68.7. The van der Waals surface area contributed by atoms with Gasteiger partial charge in [0.15, 0.2) is 12.2 Å². The van der Waals surface area contributed by atoms with Gasteiger partial charge in [0.2, 0.25) is 0 Å². The first-order chi connectivity index (χ1) is 49.9. The van der Waals surface area contributed by atoms with Crippen molar-refractivity contribution in [1.82, 2.24) is 0 Å². The lowest BCUT2D eigenvalue weighted by molar-refractivity contribution is -0.161. The number of phosphoric ester groups is 2. The van der Waals surface area contributed by atoms with E-state index in [4.69, 9.17) is 37.0 Å².